The van der Waals surface area contributed by atoms with Gasteiger partial charge in [0.25, 0.3) is 0 Å². The lowest BCUT2D eigenvalue weighted by molar-refractivity contribution is -0.127. The van der Waals surface area contributed by atoms with Crippen molar-refractivity contribution in [3.8, 4) is 0 Å². The van der Waals surface area contributed by atoms with Crippen molar-refractivity contribution in [2.75, 3.05) is 11.4 Å². The molecule has 3 aromatic rings. The minimum Gasteiger partial charge on any atom is -0.350 e. The van der Waals surface area contributed by atoms with Gasteiger partial charge in [-0.15, -0.1) is 0 Å². The summed E-state index contributed by atoms with van der Waals surface area (Å²) in [6, 6.07) is 14.1. The maximum absolute atomic E-state index is 13.9. The minimum atomic E-state index is -0.865. The molecule has 7 heteroatoms. The van der Waals surface area contributed by atoms with Gasteiger partial charge in [-0.1, -0.05) is 45.0 Å². The first-order valence-corrected chi connectivity index (χ1v) is 12.1. The van der Waals surface area contributed by atoms with Crippen LogP contribution in [0.4, 0.5) is 5.69 Å². The number of carbonyl (C=O) groups excluding carboxylic acids is 2. The molecule has 1 fully saturated rings. The van der Waals surface area contributed by atoms with Crippen molar-refractivity contribution in [1.29, 1.82) is 0 Å². The van der Waals surface area contributed by atoms with Gasteiger partial charge >= 0.3 is 0 Å². The molecule has 0 bridgehead atoms. The summed E-state index contributed by atoms with van der Waals surface area (Å²) in [5.74, 6) is -0.385. The van der Waals surface area contributed by atoms with Crippen LogP contribution in [0.5, 0.6) is 0 Å². The van der Waals surface area contributed by atoms with Gasteiger partial charge in [0.05, 0.1) is 6.04 Å². The Balaban J connectivity index is 1.73. The van der Waals surface area contributed by atoms with E-state index in [-0.39, 0.29) is 23.3 Å². The van der Waals surface area contributed by atoms with Gasteiger partial charge in [0.15, 0.2) is 0 Å². The zero-order chi connectivity index (χ0) is 24.8. The average molecular weight is 472 g/mol. The average Bonchev–Trinajstić information content (AvgIpc) is 3.41. The van der Waals surface area contributed by atoms with Gasteiger partial charge in [-0.05, 0) is 60.2 Å². The molecule has 1 saturated heterocycles. The van der Waals surface area contributed by atoms with Crippen LogP contribution in [0.1, 0.15) is 56.3 Å². The predicted molar refractivity (Wildman–Crippen MR) is 137 cm³/mol. The number of carbonyl (C=O) groups is 2. The highest BCUT2D eigenvalue weighted by molar-refractivity contribution is 6.03. The van der Waals surface area contributed by atoms with Crippen LogP contribution in [0.25, 0.3) is 0 Å². The number of rotatable bonds is 7. The Kier molecular flexibility index (Phi) is 7.56. The van der Waals surface area contributed by atoms with Crippen molar-refractivity contribution < 1.29 is 9.59 Å². The zero-order valence-corrected chi connectivity index (χ0v) is 20.6. The van der Waals surface area contributed by atoms with Crippen molar-refractivity contribution in [3.05, 3.63) is 90.0 Å². The first-order chi connectivity index (χ1) is 16.8. The van der Waals surface area contributed by atoms with Crippen LogP contribution in [0.15, 0.2) is 73.3 Å². The van der Waals surface area contributed by atoms with Crippen molar-refractivity contribution >= 4 is 17.5 Å². The van der Waals surface area contributed by atoms with Gasteiger partial charge in [0.1, 0.15) is 6.04 Å². The summed E-state index contributed by atoms with van der Waals surface area (Å²) < 4.78 is 0. The lowest BCUT2D eigenvalue weighted by atomic mass is 9.87. The number of amides is 2. The third kappa shape index (κ3) is 5.92. The Morgan fingerprint density at radius 2 is 1.77 bits per heavy atom. The molecule has 1 aliphatic rings. The van der Waals surface area contributed by atoms with E-state index in [0.29, 0.717) is 17.8 Å². The Labute approximate surface area is 207 Å². The highest BCUT2D eigenvalue weighted by atomic mass is 16.2. The monoisotopic (exact) mass is 471 g/mol. The van der Waals surface area contributed by atoms with Gasteiger partial charge in [-0.25, -0.2) is 0 Å². The fraction of sp³-hybridized carbons (Fsp3) is 0.357. The molecule has 35 heavy (non-hydrogen) atoms. The first-order valence-electron chi connectivity index (χ1n) is 12.1. The largest absolute Gasteiger partial charge is 0.350 e. The Hall–Kier alpha value is -3.58. The van der Waals surface area contributed by atoms with Crippen LogP contribution in [0.3, 0.4) is 0 Å². The van der Waals surface area contributed by atoms with Crippen LogP contribution < -0.4 is 15.5 Å². The first kappa shape index (κ1) is 24.5. The summed E-state index contributed by atoms with van der Waals surface area (Å²) in [5, 5.41) is 6.31. The van der Waals surface area contributed by atoms with Crippen LogP contribution >= 0.6 is 0 Å². The fourth-order valence-electron chi connectivity index (χ4n) is 4.33. The van der Waals surface area contributed by atoms with Gasteiger partial charge < -0.3 is 10.6 Å². The second-order valence-corrected chi connectivity index (χ2v) is 9.92. The topological polar surface area (TPSA) is 87.2 Å². The zero-order valence-electron chi connectivity index (χ0n) is 20.6. The predicted octanol–water partition coefficient (Wildman–Crippen LogP) is 3.92. The fourth-order valence-corrected chi connectivity index (χ4v) is 4.33. The van der Waals surface area contributed by atoms with Crippen molar-refractivity contribution in [3.63, 3.8) is 0 Å². The van der Waals surface area contributed by atoms with Crippen LogP contribution in [-0.2, 0) is 21.5 Å². The highest BCUT2D eigenvalue weighted by Crippen LogP contribution is 2.32. The van der Waals surface area contributed by atoms with Crippen LogP contribution in [0.2, 0.25) is 0 Å². The third-order valence-electron chi connectivity index (χ3n) is 6.30. The molecule has 4 rings (SSSR count). The van der Waals surface area contributed by atoms with E-state index in [2.05, 4.69) is 41.4 Å². The molecule has 2 aromatic heterocycles. The smallest absolute Gasteiger partial charge is 0.248 e. The number of hydrogen-bond acceptors (Lipinski definition) is 5. The molecule has 182 valence electrons. The molecule has 1 aromatic carbocycles. The lowest BCUT2D eigenvalue weighted by Crippen LogP contribution is -2.50. The standard InChI is InChI=1S/C28H33N5O2/c1-28(2,3)22-10-12-23(13-11-22)33(27(35)24-9-6-16-31-24)25(21-8-5-15-30-19-21)26(34)32-18-20-7-4-14-29-17-20/h4-5,7-8,10-15,17,19,24-25,31H,6,9,16,18H2,1-3H3,(H,32,34). The Bertz CT molecular complexity index is 1120. The van der Waals surface area contributed by atoms with Gasteiger partial charge in [-0.2, -0.15) is 0 Å². The van der Waals surface area contributed by atoms with Gasteiger partial charge in [-0.3, -0.25) is 24.5 Å². The van der Waals surface area contributed by atoms with E-state index in [9.17, 15) is 9.59 Å². The Morgan fingerprint density at radius 1 is 1.06 bits per heavy atom. The van der Waals surface area contributed by atoms with Crippen LogP contribution in [0, 0.1) is 0 Å². The maximum atomic E-state index is 13.9. The number of hydrogen-bond donors (Lipinski definition) is 2. The molecular formula is C28H33N5O2. The number of nitrogens with zero attached hydrogens (tertiary/aromatic N) is 3. The molecular weight excluding hydrogens is 438 g/mol. The molecule has 7 nitrogen and oxygen atoms in total. The molecule has 0 aliphatic carbocycles. The summed E-state index contributed by atoms with van der Waals surface area (Å²) in [4.78, 5) is 37.6. The van der Waals surface area contributed by atoms with E-state index >= 15 is 0 Å². The van der Waals surface area contributed by atoms with Crippen molar-refractivity contribution in [2.45, 2.75) is 57.7 Å². The minimum absolute atomic E-state index is 0.0236. The van der Waals surface area contributed by atoms with E-state index in [4.69, 9.17) is 0 Å². The molecule has 2 amide bonds. The van der Waals surface area contributed by atoms with Crippen molar-refractivity contribution in [2.24, 2.45) is 0 Å². The highest BCUT2D eigenvalue weighted by Gasteiger charge is 2.37. The quantitative estimate of drug-likeness (QED) is 0.545. The van der Waals surface area contributed by atoms with Gasteiger partial charge in [0, 0.05) is 42.6 Å². The molecule has 0 spiro atoms. The normalized spacial score (nSPS) is 16.5. The summed E-state index contributed by atoms with van der Waals surface area (Å²) in [6.07, 6.45) is 8.40. The van der Waals surface area contributed by atoms with E-state index < -0.39 is 6.04 Å². The Morgan fingerprint density at radius 3 is 2.34 bits per heavy atom. The van der Waals surface area contributed by atoms with Crippen molar-refractivity contribution in [1.82, 2.24) is 20.6 Å². The number of aromatic nitrogens is 2. The second kappa shape index (κ2) is 10.8. The maximum Gasteiger partial charge on any atom is 0.248 e. The van der Waals surface area contributed by atoms with Crippen LogP contribution in [-0.4, -0.2) is 34.4 Å². The molecule has 1 aliphatic heterocycles. The number of anilines is 1. The molecule has 0 radical (unpaired) electrons. The number of nitrogens with one attached hydrogen (secondary N) is 2. The van der Waals surface area contributed by atoms with Gasteiger partial charge in [0.2, 0.25) is 11.8 Å². The molecule has 2 N–H and O–H groups in total. The molecule has 2 unspecified atom stereocenters. The SMILES string of the molecule is CC(C)(C)c1ccc(N(C(=O)C2CCCN2)C(C(=O)NCc2cccnc2)c2cccnc2)cc1. The van der Waals surface area contributed by atoms with E-state index in [1.54, 1.807) is 35.8 Å². The molecule has 3 heterocycles. The molecule has 0 saturated carbocycles. The van der Waals surface area contributed by atoms with E-state index in [0.717, 1.165) is 30.5 Å². The summed E-state index contributed by atoms with van der Waals surface area (Å²) in [5.41, 5.74) is 3.36. The summed E-state index contributed by atoms with van der Waals surface area (Å²) in [7, 11) is 0. The number of pyridine rings is 2. The summed E-state index contributed by atoms with van der Waals surface area (Å²) >= 11 is 0. The summed E-state index contributed by atoms with van der Waals surface area (Å²) in [6.45, 7) is 7.56. The van der Waals surface area contributed by atoms with E-state index in [1.807, 2.05) is 42.5 Å². The third-order valence-corrected chi connectivity index (χ3v) is 6.30. The number of benzene rings is 1. The second-order valence-electron chi connectivity index (χ2n) is 9.92. The van der Waals surface area contributed by atoms with E-state index in [1.165, 1.54) is 0 Å². The lowest BCUT2D eigenvalue weighted by Gasteiger charge is -2.33. The molecule has 2 atom stereocenters.